The van der Waals surface area contributed by atoms with Crippen LogP contribution in [-0.2, 0) is 11.8 Å². The lowest BCUT2D eigenvalue weighted by atomic mass is 9.97. The highest BCUT2D eigenvalue weighted by Crippen LogP contribution is 2.41. The van der Waals surface area contributed by atoms with Gasteiger partial charge in [-0.3, -0.25) is 9.59 Å². The molecule has 32 heavy (non-hydrogen) atoms. The van der Waals surface area contributed by atoms with Crippen molar-refractivity contribution in [2.24, 2.45) is 7.05 Å². The van der Waals surface area contributed by atoms with Gasteiger partial charge in [0.2, 0.25) is 5.91 Å². The van der Waals surface area contributed by atoms with Gasteiger partial charge in [0.25, 0.3) is 5.91 Å². The second-order valence-electron chi connectivity index (χ2n) is 8.37. The molecule has 1 aromatic heterocycles. The predicted molar refractivity (Wildman–Crippen MR) is 128 cm³/mol. The van der Waals surface area contributed by atoms with Crippen LogP contribution in [-0.4, -0.2) is 58.9 Å². The third kappa shape index (κ3) is 4.15. The van der Waals surface area contributed by atoms with Crippen LogP contribution >= 0.6 is 0 Å². The highest BCUT2D eigenvalue weighted by Gasteiger charge is 2.39. The van der Waals surface area contributed by atoms with Gasteiger partial charge in [-0.25, -0.2) is 0 Å². The van der Waals surface area contributed by atoms with Gasteiger partial charge in [-0.05, 0) is 43.8 Å². The SMILES string of the molecule is CCN(CC)CCCNC(=O)CN1C(=O)c2ccccc2C1c1cn(C)c2ccccc12. The third-order valence-corrected chi connectivity index (χ3v) is 6.46. The van der Waals surface area contributed by atoms with E-state index in [1.165, 1.54) is 0 Å². The zero-order valence-electron chi connectivity index (χ0n) is 19.2. The molecular weight excluding hydrogens is 400 g/mol. The zero-order valence-corrected chi connectivity index (χ0v) is 19.2. The lowest BCUT2D eigenvalue weighted by Gasteiger charge is -2.25. The molecule has 168 valence electrons. The normalized spacial score (nSPS) is 15.6. The molecule has 0 radical (unpaired) electrons. The first-order valence-electron chi connectivity index (χ1n) is 11.5. The second-order valence-corrected chi connectivity index (χ2v) is 8.37. The summed E-state index contributed by atoms with van der Waals surface area (Å²) in [7, 11) is 2.02. The Labute approximate surface area is 189 Å². The van der Waals surface area contributed by atoms with Crippen molar-refractivity contribution in [3.8, 4) is 0 Å². The molecule has 0 saturated heterocycles. The molecule has 2 heterocycles. The van der Waals surface area contributed by atoms with Crippen molar-refractivity contribution >= 4 is 22.7 Å². The van der Waals surface area contributed by atoms with Gasteiger partial charge < -0.3 is 19.7 Å². The largest absolute Gasteiger partial charge is 0.355 e. The van der Waals surface area contributed by atoms with Crippen LogP contribution in [0.3, 0.4) is 0 Å². The Morgan fingerprint density at radius 1 is 1.03 bits per heavy atom. The first kappa shape index (κ1) is 22.1. The van der Waals surface area contributed by atoms with Crippen molar-refractivity contribution in [1.82, 2.24) is 19.7 Å². The predicted octanol–water partition coefficient (Wildman–Crippen LogP) is 3.57. The Morgan fingerprint density at radius 2 is 1.75 bits per heavy atom. The van der Waals surface area contributed by atoms with Gasteiger partial charge in [0, 0.05) is 41.8 Å². The Bertz CT molecular complexity index is 1120. The Balaban J connectivity index is 1.56. The molecule has 1 N–H and O–H groups in total. The van der Waals surface area contributed by atoms with Crippen LogP contribution in [0.25, 0.3) is 10.9 Å². The number of carbonyl (C=O) groups is 2. The molecule has 1 unspecified atom stereocenters. The molecule has 1 atom stereocenters. The number of rotatable bonds is 9. The van der Waals surface area contributed by atoms with E-state index in [4.69, 9.17) is 0 Å². The summed E-state index contributed by atoms with van der Waals surface area (Å²) in [5, 5.41) is 4.12. The molecule has 6 heteroatoms. The number of hydrogen-bond donors (Lipinski definition) is 1. The quantitative estimate of drug-likeness (QED) is 0.526. The average Bonchev–Trinajstić information content (AvgIpc) is 3.28. The molecule has 1 aliphatic rings. The molecule has 0 spiro atoms. The van der Waals surface area contributed by atoms with Crippen molar-refractivity contribution in [1.29, 1.82) is 0 Å². The maximum atomic E-state index is 13.3. The number of fused-ring (bicyclic) bond motifs is 2. The lowest BCUT2D eigenvalue weighted by Crippen LogP contribution is -2.40. The minimum Gasteiger partial charge on any atom is -0.355 e. The smallest absolute Gasteiger partial charge is 0.255 e. The van der Waals surface area contributed by atoms with Crippen molar-refractivity contribution in [2.75, 3.05) is 32.7 Å². The van der Waals surface area contributed by atoms with E-state index in [9.17, 15) is 9.59 Å². The van der Waals surface area contributed by atoms with Crippen LogP contribution < -0.4 is 5.32 Å². The van der Waals surface area contributed by atoms with Crippen LogP contribution in [0.2, 0.25) is 0 Å². The van der Waals surface area contributed by atoms with Gasteiger partial charge in [-0.2, -0.15) is 0 Å². The topological polar surface area (TPSA) is 57.6 Å². The number of aromatic nitrogens is 1. The molecule has 0 saturated carbocycles. The molecule has 6 nitrogen and oxygen atoms in total. The monoisotopic (exact) mass is 432 g/mol. The molecule has 0 aliphatic carbocycles. The molecule has 0 bridgehead atoms. The van der Waals surface area contributed by atoms with E-state index in [0.717, 1.165) is 48.1 Å². The molecule has 4 rings (SSSR count). The Hall–Kier alpha value is -3.12. The van der Waals surface area contributed by atoms with Gasteiger partial charge in [0.05, 0.1) is 6.04 Å². The maximum absolute atomic E-state index is 13.3. The lowest BCUT2D eigenvalue weighted by molar-refractivity contribution is -0.122. The van der Waals surface area contributed by atoms with E-state index in [1.807, 2.05) is 43.4 Å². The molecular formula is C26H32N4O2. The number of nitrogens with one attached hydrogen (secondary N) is 1. The number of carbonyl (C=O) groups excluding carboxylic acids is 2. The van der Waals surface area contributed by atoms with E-state index >= 15 is 0 Å². The Kier molecular flexibility index (Phi) is 6.61. The molecule has 0 fully saturated rings. The van der Waals surface area contributed by atoms with Crippen LogP contribution in [0.15, 0.2) is 54.7 Å². The molecule has 3 aromatic rings. The average molecular weight is 433 g/mol. The zero-order chi connectivity index (χ0) is 22.7. The van der Waals surface area contributed by atoms with E-state index in [2.05, 4.69) is 47.0 Å². The summed E-state index contributed by atoms with van der Waals surface area (Å²) in [5.74, 6) is -0.201. The first-order chi connectivity index (χ1) is 15.5. The van der Waals surface area contributed by atoms with Crippen LogP contribution in [0.4, 0.5) is 0 Å². The summed E-state index contributed by atoms with van der Waals surface area (Å²) in [4.78, 5) is 30.1. The summed E-state index contributed by atoms with van der Waals surface area (Å²) < 4.78 is 2.08. The maximum Gasteiger partial charge on any atom is 0.255 e. The minimum absolute atomic E-state index is 0.0483. The number of nitrogens with zero attached hydrogens (tertiary/aromatic N) is 3. The molecule has 2 amide bonds. The van der Waals surface area contributed by atoms with E-state index in [-0.39, 0.29) is 24.4 Å². The summed E-state index contributed by atoms with van der Waals surface area (Å²) in [6.07, 6.45) is 2.98. The fourth-order valence-electron chi connectivity index (χ4n) is 4.74. The fraction of sp³-hybridized carbons (Fsp3) is 0.385. The first-order valence-corrected chi connectivity index (χ1v) is 11.5. The highest BCUT2D eigenvalue weighted by molar-refractivity contribution is 6.02. The Morgan fingerprint density at radius 3 is 2.53 bits per heavy atom. The van der Waals surface area contributed by atoms with Gasteiger partial charge >= 0.3 is 0 Å². The van der Waals surface area contributed by atoms with E-state index < -0.39 is 0 Å². The molecule has 2 aromatic carbocycles. The van der Waals surface area contributed by atoms with Crippen LogP contribution in [0.1, 0.15) is 47.8 Å². The van der Waals surface area contributed by atoms with Crippen LogP contribution in [0, 0.1) is 0 Å². The standard InChI is InChI=1S/C26H32N4O2/c1-4-29(5-2)16-10-15-27-24(31)18-30-25(20-12-6-7-13-21(20)26(30)32)22-17-28(3)23-14-9-8-11-19(22)23/h6-9,11-14,17,25H,4-5,10,15-16,18H2,1-3H3,(H,27,31). The number of amides is 2. The van der Waals surface area contributed by atoms with Crippen molar-refractivity contribution in [3.05, 3.63) is 71.4 Å². The summed E-state index contributed by atoms with van der Waals surface area (Å²) >= 11 is 0. The van der Waals surface area contributed by atoms with Crippen molar-refractivity contribution in [2.45, 2.75) is 26.3 Å². The minimum atomic E-state index is -0.272. The summed E-state index contributed by atoms with van der Waals surface area (Å²) in [6.45, 7) is 7.93. The number of aryl methyl sites for hydroxylation is 1. The van der Waals surface area contributed by atoms with E-state index in [0.29, 0.717) is 12.1 Å². The van der Waals surface area contributed by atoms with Crippen molar-refractivity contribution < 1.29 is 9.59 Å². The van der Waals surface area contributed by atoms with E-state index in [1.54, 1.807) is 4.90 Å². The highest BCUT2D eigenvalue weighted by atomic mass is 16.2. The molecule has 1 aliphatic heterocycles. The fourth-order valence-corrected chi connectivity index (χ4v) is 4.74. The number of para-hydroxylation sites is 1. The van der Waals surface area contributed by atoms with Gasteiger partial charge in [-0.15, -0.1) is 0 Å². The van der Waals surface area contributed by atoms with Gasteiger partial charge in [0.15, 0.2) is 0 Å². The van der Waals surface area contributed by atoms with Gasteiger partial charge in [-0.1, -0.05) is 50.2 Å². The number of benzene rings is 2. The second kappa shape index (κ2) is 9.57. The third-order valence-electron chi connectivity index (χ3n) is 6.46. The summed E-state index contributed by atoms with van der Waals surface area (Å²) in [5.41, 5.74) is 3.80. The number of hydrogen-bond acceptors (Lipinski definition) is 3. The summed E-state index contributed by atoms with van der Waals surface area (Å²) in [6, 6.07) is 15.6. The van der Waals surface area contributed by atoms with Crippen molar-refractivity contribution in [3.63, 3.8) is 0 Å². The van der Waals surface area contributed by atoms with Gasteiger partial charge in [0.1, 0.15) is 6.54 Å². The van der Waals surface area contributed by atoms with Crippen LogP contribution in [0.5, 0.6) is 0 Å².